The normalized spacial score (nSPS) is 11.4. The van der Waals surface area contributed by atoms with Crippen LogP contribution in [-0.2, 0) is 4.79 Å². The number of aryl methyl sites for hydroxylation is 1. The number of hydrogen-bond acceptors (Lipinski definition) is 2. The number of anilines is 1. The molecule has 4 heteroatoms. The van der Waals surface area contributed by atoms with E-state index in [0.717, 1.165) is 11.3 Å². The van der Waals surface area contributed by atoms with Crippen molar-refractivity contribution in [1.82, 2.24) is 0 Å². The van der Waals surface area contributed by atoms with Crippen molar-refractivity contribution in [3.63, 3.8) is 0 Å². The van der Waals surface area contributed by atoms with Gasteiger partial charge in [0.15, 0.2) is 0 Å². The van der Waals surface area contributed by atoms with Crippen LogP contribution >= 0.6 is 11.6 Å². The molecule has 0 spiro atoms. The molecule has 0 aliphatic rings. The third-order valence-corrected chi connectivity index (χ3v) is 2.89. The quantitative estimate of drug-likeness (QED) is 0.790. The molecule has 17 heavy (non-hydrogen) atoms. The van der Waals surface area contributed by atoms with Gasteiger partial charge in [-0.3, -0.25) is 0 Å². The van der Waals surface area contributed by atoms with Crippen LogP contribution in [0, 0.1) is 6.92 Å². The summed E-state index contributed by atoms with van der Waals surface area (Å²) in [4.78, 5) is 10.8. The molecule has 92 valence electrons. The molecule has 2 N–H and O–H groups in total. The van der Waals surface area contributed by atoms with Gasteiger partial charge in [0.1, 0.15) is 0 Å². The predicted molar refractivity (Wildman–Crippen MR) is 70.7 cm³/mol. The van der Waals surface area contributed by atoms with Gasteiger partial charge >= 0.3 is 5.97 Å². The molecule has 0 saturated heterocycles. The number of carboxylic acids is 1. The number of halogens is 1. The number of aliphatic carboxylic acids is 1. The largest absolute Gasteiger partial charge is 0.478 e. The molecule has 0 aliphatic carbocycles. The summed E-state index contributed by atoms with van der Waals surface area (Å²) >= 11 is 5.98. The van der Waals surface area contributed by atoms with E-state index >= 15 is 0 Å². The topological polar surface area (TPSA) is 49.3 Å². The van der Waals surface area contributed by atoms with Crippen LogP contribution in [0.1, 0.15) is 18.9 Å². The SMILES string of the molecule is CC/C(=C/CNc1ccc(C)c(Cl)c1)C(=O)O. The molecule has 0 radical (unpaired) electrons. The van der Waals surface area contributed by atoms with Gasteiger partial charge in [-0.2, -0.15) is 0 Å². The lowest BCUT2D eigenvalue weighted by Crippen LogP contribution is -2.04. The Bertz CT molecular complexity index is 441. The molecular formula is C13H16ClNO2. The van der Waals surface area contributed by atoms with Crippen LogP contribution < -0.4 is 5.32 Å². The zero-order valence-corrected chi connectivity index (χ0v) is 10.7. The Morgan fingerprint density at radius 3 is 2.76 bits per heavy atom. The van der Waals surface area contributed by atoms with Gasteiger partial charge in [0.05, 0.1) is 0 Å². The summed E-state index contributed by atoms with van der Waals surface area (Å²) in [5.74, 6) is -0.865. The second-order valence-electron chi connectivity index (χ2n) is 3.73. The van der Waals surface area contributed by atoms with Crippen molar-refractivity contribution in [3.05, 3.63) is 40.4 Å². The highest BCUT2D eigenvalue weighted by Crippen LogP contribution is 2.19. The molecule has 0 unspecified atom stereocenters. The van der Waals surface area contributed by atoms with E-state index in [4.69, 9.17) is 16.7 Å². The number of carbonyl (C=O) groups is 1. The first kappa shape index (κ1) is 13.6. The van der Waals surface area contributed by atoms with Crippen molar-refractivity contribution in [3.8, 4) is 0 Å². The van der Waals surface area contributed by atoms with E-state index in [1.807, 2.05) is 32.0 Å². The highest BCUT2D eigenvalue weighted by atomic mass is 35.5. The highest BCUT2D eigenvalue weighted by Gasteiger charge is 2.02. The van der Waals surface area contributed by atoms with Gasteiger partial charge in [-0.05, 0) is 31.0 Å². The third kappa shape index (κ3) is 4.11. The molecule has 0 saturated carbocycles. The lowest BCUT2D eigenvalue weighted by molar-refractivity contribution is -0.132. The van der Waals surface area contributed by atoms with E-state index in [1.165, 1.54) is 0 Å². The Morgan fingerprint density at radius 2 is 2.24 bits per heavy atom. The molecule has 0 fully saturated rings. The molecule has 0 heterocycles. The highest BCUT2D eigenvalue weighted by molar-refractivity contribution is 6.31. The van der Waals surface area contributed by atoms with E-state index in [2.05, 4.69) is 5.32 Å². The Kier molecular flexibility index (Phi) is 5.04. The number of carboxylic acid groups (broad SMARTS) is 1. The van der Waals surface area contributed by atoms with E-state index in [0.29, 0.717) is 23.6 Å². The minimum Gasteiger partial charge on any atom is -0.478 e. The summed E-state index contributed by atoms with van der Waals surface area (Å²) < 4.78 is 0. The van der Waals surface area contributed by atoms with Crippen molar-refractivity contribution in [2.75, 3.05) is 11.9 Å². The van der Waals surface area contributed by atoms with E-state index in [9.17, 15) is 4.79 Å². The number of hydrogen-bond donors (Lipinski definition) is 2. The van der Waals surface area contributed by atoms with Gasteiger partial charge in [0.2, 0.25) is 0 Å². The van der Waals surface area contributed by atoms with Crippen molar-refractivity contribution in [1.29, 1.82) is 0 Å². The first-order chi connectivity index (χ1) is 8.04. The smallest absolute Gasteiger partial charge is 0.331 e. The zero-order valence-electron chi connectivity index (χ0n) is 9.96. The summed E-state index contributed by atoms with van der Waals surface area (Å²) in [7, 11) is 0. The Labute approximate surface area is 106 Å². The van der Waals surface area contributed by atoms with Gasteiger partial charge in [0, 0.05) is 22.8 Å². The average Bonchev–Trinajstić information content (AvgIpc) is 2.28. The predicted octanol–water partition coefficient (Wildman–Crippen LogP) is 3.48. The standard InChI is InChI=1S/C13H16ClNO2/c1-3-10(13(16)17)6-7-15-11-5-4-9(2)12(14)8-11/h4-6,8,15H,3,7H2,1-2H3,(H,16,17)/b10-6-. The van der Waals surface area contributed by atoms with Gasteiger partial charge < -0.3 is 10.4 Å². The lowest BCUT2D eigenvalue weighted by atomic mass is 10.2. The van der Waals surface area contributed by atoms with E-state index in [-0.39, 0.29) is 0 Å². The van der Waals surface area contributed by atoms with E-state index < -0.39 is 5.97 Å². The van der Waals surface area contributed by atoms with Crippen LogP contribution in [0.25, 0.3) is 0 Å². The number of benzene rings is 1. The summed E-state index contributed by atoms with van der Waals surface area (Å²) in [6, 6.07) is 5.67. The Morgan fingerprint density at radius 1 is 1.53 bits per heavy atom. The lowest BCUT2D eigenvalue weighted by Gasteiger charge is -2.06. The van der Waals surface area contributed by atoms with Crippen LogP contribution in [0.3, 0.4) is 0 Å². The second-order valence-corrected chi connectivity index (χ2v) is 4.14. The van der Waals surface area contributed by atoms with Gasteiger partial charge in [-0.25, -0.2) is 4.79 Å². The summed E-state index contributed by atoms with van der Waals surface area (Å²) in [5, 5.41) is 12.6. The van der Waals surface area contributed by atoms with Gasteiger partial charge in [-0.1, -0.05) is 30.7 Å². The fraction of sp³-hybridized carbons (Fsp3) is 0.308. The molecule has 0 bridgehead atoms. The zero-order chi connectivity index (χ0) is 12.8. The summed E-state index contributed by atoms with van der Waals surface area (Å²) in [6.07, 6.45) is 2.20. The fourth-order valence-corrected chi connectivity index (χ4v) is 1.56. The second kappa shape index (κ2) is 6.30. The minimum atomic E-state index is -0.865. The molecule has 1 aromatic carbocycles. The number of nitrogens with one attached hydrogen (secondary N) is 1. The molecule has 1 rings (SSSR count). The van der Waals surface area contributed by atoms with Crippen molar-refractivity contribution >= 4 is 23.3 Å². The van der Waals surface area contributed by atoms with Crippen LogP contribution in [0.5, 0.6) is 0 Å². The maximum atomic E-state index is 10.8. The van der Waals surface area contributed by atoms with Gasteiger partial charge in [0.25, 0.3) is 0 Å². The fourth-order valence-electron chi connectivity index (χ4n) is 1.38. The van der Waals surface area contributed by atoms with Crippen LogP contribution in [0.4, 0.5) is 5.69 Å². The van der Waals surface area contributed by atoms with Crippen molar-refractivity contribution in [2.45, 2.75) is 20.3 Å². The number of rotatable bonds is 5. The van der Waals surface area contributed by atoms with Crippen LogP contribution in [0.2, 0.25) is 5.02 Å². The van der Waals surface area contributed by atoms with Crippen molar-refractivity contribution in [2.24, 2.45) is 0 Å². The van der Waals surface area contributed by atoms with Gasteiger partial charge in [-0.15, -0.1) is 0 Å². The van der Waals surface area contributed by atoms with Crippen LogP contribution in [-0.4, -0.2) is 17.6 Å². The van der Waals surface area contributed by atoms with Crippen molar-refractivity contribution < 1.29 is 9.90 Å². The average molecular weight is 254 g/mol. The third-order valence-electron chi connectivity index (χ3n) is 2.48. The molecule has 0 atom stereocenters. The molecular weight excluding hydrogens is 238 g/mol. The minimum absolute atomic E-state index is 0.413. The molecule has 3 nitrogen and oxygen atoms in total. The summed E-state index contributed by atoms with van der Waals surface area (Å²) in [6.45, 7) is 4.24. The molecule has 0 amide bonds. The molecule has 1 aromatic rings. The maximum absolute atomic E-state index is 10.8. The summed E-state index contributed by atoms with van der Waals surface area (Å²) in [5.41, 5.74) is 2.32. The Balaban J connectivity index is 2.61. The molecule has 0 aromatic heterocycles. The Hall–Kier alpha value is -1.48. The van der Waals surface area contributed by atoms with E-state index in [1.54, 1.807) is 6.08 Å². The maximum Gasteiger partial charge on any atom is 0.331 e. The first-order valence-electron chi connectivity index (χ1n) is 5.47. The monoisotopic (exact) mass is 253 g/mol. The first-order valence-corrected chi connectivity index (χ1v) is 5.84. The van der Waals surface area contributed by atoms with Crippen LogP contribution in [0.15, 0.2) is 29.8 Å². The molecule has 0 aliphatic heterocycles.